The third kappa shape index (κ3) is 4.69. The van der Waals surface area contributed by atoms with E-state index in [0.29, 0.717) is 5.69 Å². The van der Waals surface area contributed by atoms with Crippen LogP contribution in [0.4, 0.5) is 0 Å². The summed E-state index contributed by atoms with van der Waals surface area (Å²) < 4.78 is 0. The van der Waals surface area contributed by atoms with Crippen LogP contribution in [0.2, 0.25) is 0 Å². The van der Waals surface area contributed by atoms with Gasteiger partial charge in [0.05, 0.1) is 12.9 Å². The SMILES string of the molecule is CC(NC(=O)C(Cc1cnc[nH]1)NC(=O)CN)C(=O)O. The molecule has 110 valence electrons. The van der Waals surface area contributed by atoms with Crippen LogP contribution in [0.3, 0.4) is 0 Å². The number of aromatic amines is 1. The van der Waals surface area contributed by atoms with Gasteiger partial charge < -0.3 is 26.5 Å². The number of hydrogen-bond acceptors (Lipinski definition) is 5. The maximum Gasteiger partial charge on any atom is 0.325 e. The summed E-state index contributed by atoms with van der Waals surface area (Å²) in [6.45, 7) is 1.07. The van der Waals surface area contributed by atoms with Crippen molar-refractivity contribution in [2.45, 2.75) is 25.4 Å². The summed E-state index contributed by atoms with van der Waals surface area (Å²) in [4.78, 5) is 40.6. The largest absolute Gasteiger partial charge is 0.480 e. The fourth-order valence-corrected chi connectivity index (χ4v) is 1.45. The molecular formula is C11H17N5O4. The van der Waals surface area contributed by atoms with Gasteiger partial charge in [-0.25, -0.2) is 4.98 Å². The van der Waals surface area contributed by atoms with Gasteiger partial charge in [-0.2, -0.15) is 0 Å². The average Bonchev–Trinajstić information content (AvgIpc) is 2.90. The van der Waals surface area contributed by atoms with Gasteiger partial charge in [0, 0.05) is 18.3 Å². The lowest BCUT2D eigenvalue weighted by molar-refractivity contribution is -0.141. The molecule has 0 bridgehead atoms. The van der Waals surface area contributed by atoms with Crippen LogP contribution in [0, 0.1) is 0 Å². The van der Waals surface area contributed by atoms with Crippen LogP contribution in [0.25, 0.3) is 0 Å². The monoisotopic (exact) mass is 283 g/mol. The number of H-pyrrole nitrogens is 1. The Labute approximate surface area is 114 Å². The number of aliphatic carboxylic acids is 1. The Bertz CT molecular complexity index is 473. The summed E-state index contributed by atoms with van der Waals surface area (Å²) in [5.74, 6) is -2.27. The second kappa shape index (κ2) is 7.24. The first kappa shape index (κ1) is 15.6. The Kier molecular flexibility index (Phi) is 5.66. The number of amides is 2. The zero-order valence-electron chi connectivity index (χ0n) is 10.9. The Morgan fingerprint density at radius 2 is 2.15 bits per heavy atom. The molecule has 0 aromatic carbocycles. The number of imidazole rings is 1. The molecule has 0 saturated carbocycles. The first-order valence-corrected chi connectivity index (χ1v) is 5.94. The molecule has 0 spiro atoms. The predicted octanol–water partition coefficient (Wildman–Crippen LogP) is -2.01. The standard InChI is InChI=1S/C11H17N5O4/c1-6(11(19)20)15-10(18)8(16-9(17)3-12)2-7-4-13-5-14-7/h4-6,8H,2-3,12H2,1H3,(H,13,14)(H,15,18)(H,16,17)(H,19,20). The Morgan fingerprint density at radius 1 is 1.45 bits per heavy atom. The van der Waals surface area contributed by atoms with Crippen molar-refractivity contribution in [1.29, 1.82) is 0 Å². The van der Waals surface area contributed by atoms with Crippen molar-refractivity contribution < 1.29 is 19.5 Å². The van der Waals surface area contributed by atoms with Gasteiger partial charge in [0.15, 0.2) is 0 Å². The van der Waals surface area contributed by atoms with E-state index in [1.165, 1.54) is 19.4 Å². The number of aromatic nitrogens is 2. The molecule has 0 fully saturated rings. The molecule has 2 amide bonds. The van der Waals surface area contributed by atoms with E-state index in [4.69, 9.17) is 10.8 Å². The number of carbonyl (C=O) groups excluding carboxylic acids is 2. The predicted molar refractivity (Wildman–Crippen MR) is 68.5 cm³/mol. The quantitative estimate of drug-likeness (QED) is 0.390. The maximum absolute atomic E-state index is 12.0. The highest BCUT2D eigenvalue weighted by atomic mass is 16.4. The molecule has 0 aliphatic carbocycles. The molecule has 2 atom stereocenters. The molecule has 0 saturated heterocycles. The number of carbonyl (C=O) groups is 3. The number of nitrogens with zero attached hydrogens (tertiary/aromatic N) is 1. The Hall–Kier alpha value is -2.42. The molecule has 2 unspecified atom stereocenters. The van der Waals surface area contributed by atoms with Crippen molar-refractivity contribution >= 4 is 17.8 Å². The molecule has 6 N–H and O–H groups in total. The number of carboxylic acid groups (broad SMARTS) is 1. The van der Waals surface area contributed by atoms with Crippen LogP contribution in [0.1, 0.15) is 12.6 Å². The van der Waals surface area contributed by atoms with E-state index in [-0.39, 0.29) is 13.0 Å². The fourth-order valence-electron chi connectivity index (χ4n) is 1.45. The molecule has 20 heavy (non-hydrogen) atoms. The van der Waals surface area contributed by atoms with Gasteiger partial charge in [0.2, 0.25) is 11.8 Å². The van der Waals surface area contributed by atoms with Crippen molar-refractivity contribution in [3.05, 3.63) is 18.2 Å². The Balaban J connectivity index is 2.72. The van der Waals surface area contributed by atoms with Crippen LogP contribution in [0.5, 0.6) is 0 Å². The van der Waals surface area contributed by atoms with Crippen LogP contribution in [-0.4, -0.2) is 51.5 Å². The van der Waals surface area contributed by atoms with E-state index in [2.05, 4.69) is 20.6 Å². The number of nitrogens with one attached hydrogen (secondary N) is 3. The van der Waals surface area contributed by atoms with Crippen molar-refractivity contribution in [3.8, 4) is 0 Å². The number of nitrogens with two attached hydrogens (primary N) is 1. The topological polar surface area (TPSA) is 150 Å². The highest BCUT2D eigenvalue weighted by Crippen LogP contribution is 1.99. The van der Waals surface area contributed by atoms with Crippen molar-refractivity contribution in [2.75, 3.05) is 6.54 Å². The molecule has 1 heterocycles. The van der Waals surface area contributed by atoms with E-state index in [1.54, 1.807) is 0 Å². The minimum absolute atomic E-state index is 0.157. The number of rotatable bonds is 7. The van der Waals surface area contributed by atoms with Gasteiger partial charge in [-0.3, -0.25) is 14.4 Å². The third-order valence-corrected chi connectivity index (χ3v) is 2.55. The van der Waals surface area contributed by atoms with E-state index < -0.39 is 29.9 Å². The molecule has 1 aromatic rings. The van der Waals surface area contributed by atoms with E-state index >= 15 is 0 Å². The van der Waals surface area contributed by atoms with Crippen molar-refractivity contribution in [3.63, 3.8) is 0 Å². The number of hydrogen-bond donors (Lipinski definition) is 5. The second-order valence-electron chi connectivity index (χ2n) is 4.17. The lowest BCUT2D eigenvalue weighted by Gasteiger charge is -2.19. The van der Waals surface area contributed by atoms with E-state index in [1.807, 2.05) is 0 Å². The van der Waals surface area contributed by atoms with Crippen LogP contribution in [-0.2, 0) is 20.8 Å². The lowest BCUT2D eigenvalue weighted by atomic mass is 10.1. The van der Waals surface area contributed by atoms with Crippen LogP contribution < -0.4 is 16.4 Å². The minimum atomic E-state index is -1.16. The smallest absolute Gasteiger partial charge is 0.325 e. The first-order valence-electron chi connectivity index (χ1n) is 5.94. The van der Waals surface area contributed by atoms with E-state index in [0.717, 1.165) is 0 Å². The molecule has 0 aliphatic heterocycles. The van der Waals surface area contributed by atoms with Crippen LogP contribution in [0.15, 0.2) is 12.5 Å². The molecule has 1 rings (SSSR count). The molecule has 0 aliphatic rings. The summed E-state index contributed by atoms with van der Waals surface area (Å²) in [5.41, 5.74) is 5.82. The maximum atomic E-state index is 12.0. The summed E-state index contributed by atoms with van der Waals surface area (Å²) in [7, 11) is 0. The normalized spacial score (nSPS) is 13.3. The average molecular weight is 283 g/mol. The number of carboxylic acids is 1. The van der Waals surface area contributed by atoms with Gasteiger partial charge >= 0.3 is 5.97 Å². The lowest BCUT2D eigenvalue weighted by Crippen LogP contribution is -2.52. The highest BCUT2D eigenvalue weighted by molar-refractivity contribution is 5.90. The van der Waals surface area contributed by atoms with Gasteiger partial charge in [0.1, 0.15) is 12.1 Å². The van der Waals surface area contributed by atoms with E-state index in [9.17, 15) is 14.4 Å². The van der Waals surface area contributed by atoms with Gasteiger partial charge in [-0.05, 0) is 6.92 Å². The molecule has 9 nitrogen and oxygen atoms in total. The van der Waals surface area contributed by atoms with Crippen molar-refractivity contribution in [1.82, 2.24) is 20.6 Å². The summed E-state index contributed by atoms with van der Waals surface area (Å²) in [6.07, 6.45) is 3.11. The second-order valence-corrected chi connectivity index (χ2v) is 4.17. The van der Waals surface area contributed by atoms with Gasteiger partial charge in [-0.1, -0.05) is 0 Å². The third-order valence-electron chi connectivity index (χ3n) is 2.55. The fraction of sp³-hybridized carbons (Fsp3) is 0.455. The summed E-state index contributed by atoms with van der Waals surface area (Å²) >= 11 is 0. The van der Waals surface area contributed by atoms with Gasteiger partial charge in [0.25, 0.3) is 0 Å². The Morgan fingerprint density at radius 3 is 2.65 bits per heavy atom. The zero-order valence-corrected chi connectivity index (χ0v) is 10.9. The van der Waals surface area contributed by atoms with Crippen LogP contribution >= 0.6 is 0 Å². The zero-order chi connectivity index (χ0) is 15.1. The van der Waals surface area contributed by atoms with Gasteiger partial charge in [-0.15, -0.1) is 0 Å². The first-order chi connectivity index (χ1) is 9.43. The highest BCUT2D eigenvalue weighted by Gasteiger charge is 2.24. The van der Waals surface area contributed by atoms with Crippen molar-refractivity contribution in [2.24, 2.45) is 5.73 Å². The molecule has 1 aromatic heterocycles. The minimum Gasteiger partial charge on any atom is -0.480 e. The summed E-state index contributed by atoms with van der Waals surface area (Å²) in [5, 5.41) is 13.5. The molecular weight excluding hydrogens is 266 g/mol. The molecule has 9 heteroatoms. The summed E-state index contributed by atoms with van der Waals surface area (Å²) in [6, 6.07) is -1.98. The molecule has 0 radical (unpaired) electrons.